The summed E-state index contributed by atoms with van der Waals surface area (Å²) in [4.78, 5) is 23.7. The minimum atomic E-state index is -0.369. The molecule has 7 heteroatoms. The predicted molar refractivity (Wildman–Crippen MR) is 105 cm³/mol. The maximum Gasteiger partial charge on any atom is 0.337 e. The van der Waals surface area contributed by atoms with Crippen molar-refractivity contribution in [3.05, 3.63) is 70.1 Å². The molecular weight excluding hydrogens is 370 g/mol. The first-order valence-corrected chi connectivity index (χ1v) is 8.92. The van der Waals surface area contributed by atoms with Crippen molar-refractivity contribution in [1.29, 1.82) is 0 Å². The van der Waals surface area contributed by atoms with Crippen LogP contribution in [0, 0.1) is 0 Å². The topological polar surface area (TPSA) is 64.6 Å². The van der Waals surface area contributed by atoms with Gasteiger partial charge in [0.2, 0.25) is 0 Å². The van der Waals surface area contributed by atoms with Crippen molar-refractivity contribution < 1.29 is 19.1 Å². The molecule has 0 aliphatic carbocycles. The molecule has 1 heterocycles. The van der Waals surface area contributed by atoms with E-state index in [4.69, 9.17) is 17.0 Å². The van der Waals surface area contributed by atoms with Gasteiger partial charge in [0.25, 0.3) is 5.91 Å². The third-order valence-corrected chi connectivity index (χ3v) is 4.74. The minimum absolute atomic E-state index is 0.183. The van der Waals surface area contributed by atoms with Crippen LogP contribution in [0.4, 0.5) is 0 Å². The number of carbonyl (C=O) groups excluding carboxylic acids is 2. The molecule has 0 bridgehead atoms. The van der Waals surface area contributed by atoms with Gasteiger partial charge in [-0.25, -0.2) is 4.79 Å². The van der Waals surface area contributed by atoms with Crippen molar-refractivity contribution in [2.75, 3.05) is 7.11 Å². The van der Waals surface area contributed by atoms with Gasteiger partial charge in [0.1, 0.15) is 16.7 Å². The lowest BCUT2D eigenvalue weighted by atomic mass is 10.1. The summed E-state index contributed by atoms with van der Waals surface area (Å²) < 4.78 is 10.9. The van der Waals surface area contributed by atoms with E-state index in [1.807, 2.05) is 36.4 Å². The smallest absolute Gasteiger partial charge is 0.337 e. The summed E-state index contributed by atoms with van der Waals surface area (Å²) in [6.07, 6.45) is 1.78. The Labute approximate surface area is 160 Å². The van der Waals surface area contributed by atoms with E-state index in [1.54, 1.807) is 18.2 Å². The van der Waals surface area contributed by atoms with Crippen LogP contribution in [0.3, 0.4) is 0 Å². The second-order valence-electron chi connectivity index (χ2n) is 5.40. The number of nitrogens with one attached hydrogen (secondary N) is 1. The first-order chi connectivity index (χ1) is 12.5. The number of thioether (sulfide) groups is 1. The molecule has 132 valence electrons. The zero-order valence-corrected chi connectivity index (χ0v) is 15.5. The van der Waals surface area contributed by atoms with Gasteiger partial charge in [-0.15, -0.1) is 0 Å². The largest absolute Gasteiger partial charge is 0.489 e. The van der Waals surface area contributed by atoms with Crippen LogP contribution >= 0.6 is 24.0 Å². The third-order valence-electron chi connectivity index (χ3n) is 3.58. The van der Waals surface area contributed by atoms with Crippen LogP contribution in [0.25, 0.3) is 6.08 Å². The molecule has 1 fully saturated rings. The Hall–Kier alpha value is -2.64. The van der Waals surface area contributed by atoms with Gasteiger partial charge in [-0.2, -0.15) is 0 Å². The summed E-state index contributed by atoms with van der Waals surface area (Å²) in [5.41, 5.74) is 2.28. The maximum absolute atomic E-state index is 11.7. The number of hydrogen-bond acceptors (Lipinski definition) is 6. The molecule has 0 radical (unpaired) electrons. The lowest BCUT2D eigenvalue weighted by Gasteiger charge is -2.08. The van der Waals surface area contributed by atoms with E-state index in [0.29, 0.717) is 27.1 Å². The summed E-state index contributed by atoms with van der Waals surface area (Å²) in [6.45, 7) is 0.362. The molecule has 1 amide bonds. The molecule has 0 atom stereocenters. The number of amides is 1. The Balaban J connectivity index is 1.66. The number of ether oxygens (including phenoxy) is 2. The fourth-order valence-electron chi connectivity index (χ4n) is 2.29. The highest BCUT2D eigenvalue weighted by atomic mass is 32.2. The fraction of sp³-hybridized carbons (Fsp3) is 0.105. The standard InChI is InChI=1S/C19H15NO4S2/c1-23-18(22)14-7-5-12(6-8-14)11-24-15-4-2-3-13(9-15)10-16-17(21)20-19(25)26-16/h2-10H,11H2,1H3,(H,20,21,25). The van der Waals surface area contributed by atoms with E-state index in [2.05, 4.69) is 10.1 Å². The zero-order chi connectivity index (χ0) is 18.5. The van der Waals surface area contributed by atoms with Gasteiger partial charge in [0, 0.05) is 0 Å². The Morgan fingerprint density at radius 3 is 2.65 bits per heavy atom. The van der Waals surface area contributed by atoms with Crippen LogP contribution in [0.5, 0.6) is 5.75 Å². The van der Waals surface area contributed by atoms with Gasteiger partial charge < -0.3 is 14.8 Å². The Morgan fingerprint density at radius 1 is 1.23 bits per heavy atom. The zero-order valence-electron chi connectivity index (χ0n) is 13.9. The SMILES string of the molecule is COC(=O)c1ccc(COc2cccc(C=C3SC(=S)NC3=O)c2)cc1. The number of thiocarbonyl (C=S) groups is 1. The van der Waals surface area contributed by atoms with E-state index < -0.39 is 0 Å². The minimum Gasteiger partial charge on any atom is -0.489 e. The summed E-state index contributed by atoms with van der Waals surface area (Å²) in [5, 5.41) is 2.59. The molecule has 1 N–H and O–H groups in total. The second kappa shape index (κ2) is 8.16. The van der Waals surface area contributed by atoms with E-state index in [9.17, 15) is 9.59 Å². The Morgan fingerprint density at radius 2 is 2.00 bits per heavy atom. The Kier molecular flexibility index (Phi) is 5.70. The second-order valence-corrected chi connectivity index (χ2v) is 7.12. The number of carbonyl (C=O) groups is 2. The molecule has 5 nitrogen and oxygen atoms in total. The average molecular weight is 385 g/mol. The molecule has 0 unspecified atom stereocenters. The van der Waals surface area contributed by atoms with Crippen molar-refractivity contribution in [2.24, 2.45) is 0 Å². The highest BCUT2D eigenvalue weighted by molar-refractivity contribution is 8.26. The molecule has 0 aromatic heterocycles. The number of esters is 1. The number of methoxy groups -OCH3 is 1. The van der Waals surface area contributed by atoms with E-state index in [-0.39, 0.29) is 11.9 Å². The molecule has 0 saturated carbocycles. The normalized spacial score (nSPS) is 15.0. The van der Waals surface area contributed by atoms with Gasteiger partial charge in [0.15, 0.2) is 0 Å². The van der Waals surface area contributed by atoms with Crippen molar-refractivity contribution in [1.82, 2.24) is 5.32 Å². The highest BCUT2D eigenvalue weighted by Crippen LogP contribution is 2.27. The predicted octanol–water partition coefficient (Wildman–Crippen LogP) is 3.54. The van der Waals surface area contributed by atoms with Crippen LogP contribution in [0.2, 0.25) is 0 Å². The van der Waals surface area contributed by atoms with Gasteiger partial charge in [-0.05, 0) is 41.5 Å². The van der Waals surface area contributed by atoms with Crippen molar-refractivity contribution in [3.8, 4) is 5.75 Å². The molecule has 1 saturated heterocycles. The van der Waals surface area contributed by atoms with Crippen molar-refractivity contribution >= 4 is 46.3 Å². The molecular formula is C19H15NO4S2. The molecule has 0 spiro atoms. The third kappa shape index (κ3) is 4.50. The first-order valence-electron chi connectivity index (χ1n) is 7.70. The molecule has 3 rings (SSSR count). The first kappa shape index (κ1) is 18.2. The number of benzene rings is 2. The van der Waals surface area contributed by atoms with E-state index >= 15 is 0 Å². The fourth-order valence-corrected chi connectivity index (χ4v) is 3.33. The maximum atomic E-state index is 11.7. The Bertz CT molecular complexity index is 891. The molecule has 26 heavy (non-hydrogen) atoms. The van der Waals surface area contributed by atoms with Crippen LogP contribution < -0.4 is 10.1 Å². The molecule has 2 aromatic rings. The van der Waals surface area contributed by atoms with Gasteiger partial charge in [-0.3, -0.25) is 4.79 Å². The summed E-state index contributed by atoms with van der Waals surface area (Å²) >= 11 is 6.22. The van der Waals surface area contributed by atoms with Gasteiger partial charge >= 0.3 is 5.97 Å². The summed E-state index contributed by atoms with van der Waals surface area (Å²) in [7, 11) is 1.35. The average Bonchev–Trinajstić information content (AvgIpc) is 2.97. The summed E-state index contributed by atoms with van der Waals surface area (Å²) in [5.74, 6) is 0.130. The molecule has 1 aliphatic rings. The number of rotatable bonds is 5. The van der Waals surface area contributed by atoms with Crippen LogP contribution in [-0.4, -0.2) is 23.3 Å². The van der Waals surface area contributed by atoms with Crippen molar-refractivity contribution in [3.63, 3.8) is 0 Å². The molecule has 2 aromatic carbocycles. The summed E-state index contributed by atoms with van der Waals surface area (Å²) in [6, 6.07) is 14.5. The quantitative estimate of drug-likeness (QED) is 0.483. The lowest BCUT2D eigenvalue weighted by molar-refractivity contribution is -0.115. The van der Waals surface area contributed by atoms with Crippen LogP contribution in [0.1, 0.15) is 21.5 Å². The number of hydrogen-bond donors (Lipinski definition) is 1. The molecule has 1 aliphatic heterocycles. The van der Waals surface area contributed by atoms with Gasteiger partial charge in [0.05, 0.1) is 17.6 Å². The van der Waals surface area contributed by atoms with E-state index in [1.165, 1.54) is 18.9 Å². The van der Waals surface area contributed by atoms with Crippen LogP contribution in [0.15, 0.2) is 53.4 Å². The lowest BCUT2D eigenvalue weighted by Crippen LogP contribution is -2.17. The van der Waals surface area contributed by atoms with Crippen LogP contribution in [-0.2, 0) is 16.1 Å². The van der Waals surface area contributed by atoms with Gasteiger partial charge in [-0.1, -0.05) is 48.2 Å². The highest BCUT2D eigenvalue weighted by Gasteiger charge is 2.21. The monoisotopic (exact) mass is 385 g/mol. The van der Waals surface area contributed by atoms with Crippen molar-refractivity contribution in [2.45, 2.75) is 6.61 Å². The van der Waals surface area contributed by atoms with E-state index in [0.717, 1.165) is 11.1 Å².